The summed E-state index contributed by atoms with van der Waals surface area (Å²) in [6.45, 7) is 5.44. The van der Waals surface area contributed by atoms with E-state index in [2.05, 4.69) is 15.5 Å². The first-order valence-corrected chi connectivity index (χ1v) is 10.1. The van der Waals surface area contributed by atoms with Gasteiger partial charge in [0.2, 0.25) is 5.60 Å². The topological polar surface area (TPSA) is 176 Å². The summed E-state index contributed by atoms with van der Waals surface area (Å²) in [4.78, 5) is 44.7. The second kappa shape index (κ2) is 7.44. The van der Waals surface area contributed by atoms with Crippen molar-refractivity contribution in [2.75, 3.05) is 0 Å². The standard InChI is InChI=1S/C14H18N4O8S2/c1-6-9(12(20)18(6)28(23,24)25)16-11(19)10(8-5-27-7(2)15-8)17-26-14(3,4)13(21)22/h5-6,9H,1-4H3,(H,16,19)(H,21,22)(H,23,24,25)/b17-10-/t6-,9-/m0/s1. The maximum absolute atomic E-state index is 12.6. The summed E-state index contributed by atoms with van der Waals surface area (Å²) in [5.74, 6) is -3.27. The van der Waals surface area contributed by atoms with Gasteiger partial charge in [0.05, 0.1) is 11.0 Å². The number of carboxylic acids is 1. The Morgan fingerprint density at radius 3 is 2.46 bits per heavy atom. The lowest BCUT2D eigenvalue weighted by molar-refractivity contribution is -0.161. The third-order valence-electron chi connectivity index (χ3n) is 3.83. The van der Waals surface area contributed by atoms with Crippen molar-refractivity contribution >= 4 is 45.1 Å². The van der Waals surface area contributed by atoms with Crippen LogP contribution in [0.1, 0.15) is 31.5 Å². The van der Waals surface area contributed by atoms with Crippen LogP contribution in [0.15, 0.2) is 10.5 Å². The van der Waals surface area contributed by atoms with E-state index in [0.717, 1.165) is 0 Å². The van der Waals surface area contributed by atoms with Crippen molar-refractivity contribution in [3.63, 3.8) is 0 Å². The molecule has 1 saturated heterocycles. The predicted octanol–water partition coefficient (Wildman–Crippen LogP) is -0.446. The Hall–Kier alpha value is -2.58. The zero-order chi connectivity index (χ0) is 21.4. The summed E-state index contributed by atoms with van der Waals surface area (Å²) >= 11 is 1.20. The van der Waals surface area contributed by atoms with Crippen molar-refractivity contribution in [1.82, 2.24) is 14.6 Å². The number of nitrogens with zero attached hydrogens (tertiary/aromatic N) is 3. The molecule has 0 radical (unpaired) electrons. The van der Waals surface area contributed by atoms with E-state index in [1.165, 1.54) is 37.5 Å². The first kappa shape index (κ1) is 21.7. The quantitative estimate of drug-likeness (QED) is 0.222. The molecule has 154 valence electrons. The van der Waals surface area contributed by atoms with Gasteiger partial charge < -0.3 is 15.3 Å². The third kappa shape index (κ3) is 4.28. The van der Waals surface area contributed by atoms with Crippen molar-refractivity contribution in [3.8, 4) is 0 Å². The van der Waals surface area contributed by atoms with Gasteiger partial charge in [0, 0.05) is 5.38 Å². The molecule has 2 amide bonds. The van der Waals surface area contributed by atoms with Gasteiger partial charge in [0.1, 0.15) is 11.7 Å². The lowest BCUT2D eigenvalue weighted by atomic mass is 10.0. The summed E-state index contributed by atoms with van der Waals surface area (Å²) in [5, 5.41) is 17.1. The van der Waals surface area contributed by atoms with E-state index in [-0.39, 0.29) is 15.7 Å². The van der Waals surface area contributed by atoms with E-state index < -0.39 is 45.8 Å². The molecule has 0 spiro atoms. The fourth-order valence-corrected chi connectivity index (χ4v) is 3.67. The number of aliphatic carboxylic acids is 1. The van der Waals surface area contributed by atoms with Crippen LogP contribution in [-0.4, -0.2) is 68.5 Å². The first-order valence-electron chi connectivity index (χ1n) is 7.79. The Morgan fingerprint density at radius 1 is 1.43 bits per heavy atom. The highest BCUT2D eigenvalue weighted by Gasteiger charge is 2.51. The minimum absolute atomic E-state index is 0.0900. The molecule has 14 heteroatoms. The van der Waals surface area contributed by atoms with Crippen LogP contribution in [0.5, 0.6) is 0 Å². The number of nitrogens with one attached hydrogen (secondary N) is 1. The lowest BCUT2D eigenvalue weighted by Crippen LogP contribution is -2.71. The normalized spacial score (nSPS) is 20.5. The molecule has 0 unspecified atom stereocenters. The second-order valence-corrected chi connectivity index (χ2v) is 8.75. The fourth-order valence-electron chi connectivity index (χ4n) is 2.19. The number of aromatic nitrogens is 1. The van der Waals surface area contributed by atoms with E-state index in [4.69, 9.17) is 14.5 Å². The molecule has 1 fully saturated rings. The molecule has 28 heavy (non-hydrogen) atoms. The molecule has 3 N–H and O–H groups in total. The van der Waals surface area contributed by atoms with Crippen LogP contribution in [0.2, 0.25) is 0 Å². The summed E-state index contributed by atoms with van der Waals surface area (Å²) < 4.78 is 31.5. The molecule has 0 saturated carbocycles. The van der Waals surface area contributed by atoms with Crippen LogP contribution in [-0.2, 0) is 29.5 Å². The average molecular weight is 434 g/mol. The minimum Gasteiger partial charge on any atom is -0.478 e. The molecule has 0 aromatic carbocycles. The van der Waals surface area contributed by atoms with Gasteiger partial charge in [-0.2, -0.15) is 8.42 Å². The van der Waals surface area contributed by atoms with Gasteiger partial charge in [-0.3, -0.25) is 14.1 Å². The smallest absolute Gasteiger partial charge is 0.362 e. The van der Waals surface area contributed by atoms with Crippen LogP contribution in [0.4, 0.5) is 0 Å². The molecule has 2 atom stereocenters. The van der Waals surface area contributed by atoms with E-state index in [1.807, 2.05) is 0 Å². The largest absolute Gasteiger partial charge is 0.478 e. The van der Waals surface area contributed by atoms with Crippen LogP contribution in [0, 0.1) is 6.92 Å². The van der Waals surface area contributed by atoms with Gasteiger partial charge in [0.25, 0.3) is 11.8 Å². The van der Waals surface area contributed by atoms with Crippen LogP contribution in [0.3, 0.4) is 0 Å². The van der Waals surface area contributed by atoms with Gasteiger partial charge in [-0.15, -0.1) is 11.3 Å². The number of carbonyl (C=O) groups excluding carboxylic acids is 2. The van der Waals surface area contributed by atoms with Crippen LogP contribution < -0.4 is 5.32 Å². The van der Waals surface area contributed by atoms with Crippen molar-refractivity contribution in [3.05, 3.63) is 16.1 Å². The minimum atomic E-state index is -4.74. The average Bonchev–Trinajstić information content (AvgIpc) is 2.97. The Bertz CT molecular complexity index is 952. The number of oxime groups is 1. The zero-order valence-corrected chi connectivity index (χ0v) is 16.9. The number of rotatable bonds is 7. The molecule has 1 aromatic rings. The van der Waals surface area contributed by atoms with Gasteiger partial charge in [0.15, 0.2) is 5.71 Å². The highest BCUT2D eigenvalue weighted by atomic mass is 32.2. The maximum atomic E-state index is 12.6. The van der Waals surface area contributed by atoms with E-state index >= 15 is 0 Å². The molecule has 2 heterocycles. The molecular formula is C14H18N4O8S2. The molecule has 1 aliphatic rings. The Balaban J connectivity index is 2.26. The number of carbonyl (C=O) groups is 3. The summed E-state index contributed by atoms with van der Waals surface area (Å²) in [7, 11) is -4.74. The van der Waals surface area contributed by atoms with Gasteiger partial charge in [-0.1, -0.05) is 5.16 Å². The van der Waals surface area contributed by atoms with Crippen molar-refractivity contribution in [1.29, 1.82) is 0 Å². The number of carboxylic acid groups (broad SMARTS) is 1. The van der Waals surface area contributed by atoms with Crippen molar-refractivity contribution < 1.29 is 37.3 Å². The fraction of sp³-hybridized carbons (Fsp3) is 0.500. The van der Waals surface area contributed by atoms with Gasteiger partial charge in [-0.25, -0.2) is 14.1 Å². The molecule has 0 bridgehead atoms. The maximum Gasteiger partial charge on any atom is 0.362 e. The van der Waals surface area contributed by atoms with Crippen LogP contribution in [0.25, 0.3) is 0 Å². The number of hydrogen-bond donors (Lipinski definition) is 3. The zero-order valence-electron chi connectivity index (χ0n) is 15.2. The summed E-state index contributed by atoms with van der Waals surface area (Å²) in [6.07, 6.45) is 0. The highest BCUT2D eigenvalue weighted by molar-refractivity contribution is 7.84. The molecule has 1 aromatic heterocycles. The SMILES string of the molecule is Cc1nc(/C(=N/OC(C)(C)C(=O)O)C(=O)N[C@@H]2C(=O)N(S(=O)(=O)O)[C@H]2C)cs1. The Kier molecular flexibility index (Phi) is 5.77. The lowest BCUT2D eigenvalue weighted by Gasteiger charge is -2.42. The van der Waals surface area contributed by atoms with E-state index in [1.54, 1.807) is 6.92 Å². The summed E-state index contributed by atoms with van der Waals surface area (Å²) in [5.41, 5.74) is -2.03. The number of aryl methyl sites for hydroxylation is 1. The van der Waals surface area contributed by atoms with Crippen LogP contribution >= 0.6 is 11.3 Å². The molecule has 0 aliphatic carbocycles. The number of amides is 2. The summed E-state index contributed by atoms with van der Waals surface area (Å²) in [6, 6.07) is -2.26. The molecule has 1 aliphatic heterocycles. The van der Waals surface area contributed by atoms with Gasteiger partial charge >= 0.3 is 16.3 Å². The van der Waals surface area contributed by atoms with E-state index in [9.17, 15) is 22.8 Å². The third-order valence-corrected chi connectivity index (χ3v) is 5.61. The monoisotopic (exact) mass is 434 g/mol. The van der Waals surface area contributed by atoms with Crippen molar-refractivity contribution in [2.45, 2.75) is 45.4 Å². The first-order chi connectivity index (χ1) is 12.8. The Morgan fingerprint density at radius 2 is 2.04 bits per heavy atom. The Labute approximate surface area is 164 Å². The second-order valence-electron chi connectivity index (χ2n) is 6.40. The number of hydrogen-bond acceptors (Lipinski definition) is 9. The highest BCUT2D eigenvalue weighted by Crippen LogP contribution is 2.23. The molecule has 2 rings (SSSR count). The predicted molar refractivity (Wildman–Crippen MR) is 96.0 cm³/mol. The van der Waals surface area contributed by atoms with Crippen molar-refractivity contribution in [2.24, 2.45) is 5.16 Å². The number of β-lactam (4-membered cyclic amide) rings is 1. The van der Waals surface area contributed by atoms with Gasteiger partial charge in [-0.05, 0) is 27.7 Å². The van der Waals surface area contributed by atoms with E-state index in [0.29, 0.717) is 5.01 Å². The molecule has 12 nitrogen and oxygen atoms in total. The molecular weight excluding hydrogens is 416 g/mol. The number of thiazole rings is 1.